The number of ether oxygens (including phenoxy) is 1. The molecule has 0 rings (SSSR count). The third-order valence-electron chi connectivity index (χ3n) is 1.35. The zero-order chi connectivity index (χ0) is 15.5. The van der Waals surface area contributed by atoms with Gasteiger partial charge in [-0.05, 0) is 0 Å². The second-order valence-electron chi connectivity index (χ2n) is 2.63. The molecule has 0 saturated carbocycles. The molecule has 0 N–H and O–H groups in total. The van der Waals surface area contributed by atoms with Crippen LogP contribution in [0.4, 0.5) is 35.1 Å². The molecule has 0 saturated heterocycles. The molecule has 0 aromatic heterocycles. The smallest absolute Gasteiger partial charge is 0.255 e. The predicted octanol–water partition coefficient (Wildman–Crippen LogP) is 2.05. The summed E-state index contributed by atoms with van der Waals surface area (Å²) < 4.78 is 100. The summed E-state index contributed by atoms with van der Waals surface area (Å²) in [6.45, 7) is 0. The number of aliphatic imine (C=N–C) groups is 2. The topological polar surface area (TPSA) is 68.1 Å². The van der Waals surface area contributed by atoms with Crippen molar-refractivity contribution in [3.63, 3.8) is 0 Å². The number of carbonyl (C=O) groups excluding carboxylic acids is 2. The summed E-state index contributed by atoms with van der Waals surface area (Å²) in [5.41, 5.74) is 0. The highest BCUT2D eigenvalue weighted by molar-refractivity contribution is 5.35. The molecule has 0 spiro atoms. The second-order valence-corrected chi connectivity index (χ2v) is 2.63. The largest absolute Gasteiger partial charge is 0.473 e. The van der Waals surface area contributed by atoms with Gasteiger partial charge in [0, 0.05) is 0 Å². The van der Waals surface area contributed by atoms with Crippen molar-refractivity contribution in [1.82, 2.24) is 0 Å². The van der Waals surface area contributed by atoms with E-state index in [4.69, 9.17) is 0 Å². The quantitative estimate of drug-likeness (QED) is 0.345. The SMILES string of the molecule is O=C=NC(F)(OC(F)(N=C=O)C(F)(F)F)C(F)(F)F. The molecule has 0 bridgehead atoms. The van der Waals surface area contributed by atoms with Crippen molar-refractivity contribution in [2.24, 2.45) is 9.98 Å². The Morgan fingerprint density at radius 1 is 0.684 bits per heavy atom. The summed E-state index contributed by atoms with van der Waals surface area (Å²) in [6.07, 6.45) is -12.9. The van der Waals surface area contributed by atoms with E-state index in [1.54, 1.807) is 0 Å². The standard InChI is InChI=1S/C6F8N2O3/c7-3(8,9)5(13,15-1-17)19-6(14,16-2-18)4(10,11)12. The summed E-state index contributed by atoms with van der Waals surface area (Å²) in [4.78, 5) is 21.6. The first-order chi connectivity index (χ1) is 8.33. The molecule has 13 heteroatoms. The average Bonchev–Trinajstić information content (AvgIpc) is 2.14. The Morgan fingerprint density at radius 3 is 1.11 bits per heavy atom. The molecular formula is C6F8N2O3. The van der Waals surface area contributed by atoms with Crippen molar-refractivity contribution in [3.8, 4) is 0 Å². The van der Waals surface area contributed by atoms with E-state index >= 15 is 0 Å². The van der Waals surface area contributed by atoms with Crippen LogP contribution in [0.15, 0.2) is 9.98 Å². The summed E-state index contributed by atoms with van der Waals surface area (Å²) in [7, 11) is 0. The van der Waals surface area contributed by atoms with Gasteiger partial charge >= 0.3 is 24.3 Å². The van der Waals surface area contributed by atoms with Crippen molar-refractivity contribution in [3.05, 3.63) is 0 Å². The maximum Gasteiger partial charge on any atom is 0.473 e. The lowest BCUT2D eigenvalue weighted by atomic mass is 10.4. The molecule has 0 aromatic carbocycles. The molecule has 2 atom stereocenters. The fourth-order valence-electron chi connectivity index (χ4n) is 0.585. The first kappa shape index (κ1) is 17.2. The third kappa shape index (κ3) is 3.56. The van der Waals surface area contributed by atoms with Crippen LogP contribution in [0.2, 0.25) is 0 Å². The number of hydrogen-bond donors (Lipinski definition) is 0. The van der Waals surface area contributed by atoms with Crippen LogP contribution in [0.5, 0.6) is 0 Å². The molecule has 19 heavy (non-hydrogen) atoms. The molecule has 0 aromatic rings. The first-order valence-electron chi connectivity index (χ1n) is 3.72. The number of halogens is 8. The molecule has 108 valence electrons. The van der Waals surface area contributed by atoms with Crippen LogP contribution in [0.1, 0.15) is 0 Å². The lowest BCUT2D eigenvalue weighted by Crippen LogP contribution is -2.53. The lowest BCUT2D eigenvalue weighted by molar-refractivity contribution is -0.428. The van der Waals surface area contributed by atoms with Gasteiger partial charge in [-0.25, -0.2) is 9.59 Å². The molecule has 0 aliphatic rings. The van der Waals surface area contributed by atoms with Gasteiger partial charge in [0.25, 0.3) is 0 Å². The van der Waals surface area contributed by atoms with Gasteiger partial charge < -0.3 is 0 Å². The molecule has 0 fully saturated rings. The molecular weight excluding hydrogens is 300 g/mol. The normalized spacial score (nSPS) is 18.5. The van der Waals surface area contributed by atoms with Gasteiger partial charge in [-0.3, -0.25) is 4.74 Å². The van der Waals surface area contributed by atoms with Crippen molar-refractivity contribution in [1.29, 1.82) is 0 Å². The maximum atomic E-state index is 12.9. The van der Waals surface area contributed by atoms with E-state index in [0.717, 1.165) is 0 Å². The molecule has 5 nitrogen and oxygen atoms in total. The van der Waals surface area contributed by atoms with Gasteiger partial charge in [0.1, 0.15) is 0 Å². The van der Waals surface area contributed by atoms with E-state index in [1.165, 1.54) is 9.98 Å². The highest BCUT2D eigenvalue weighted by atomic mass is 19.4. The van der Waals surface area contributed by atoms with E-state index in [2.05, 4.69) is 4.74 Å². The van der Waals surface area contributed by atoms with E-state index in [-0.39, 0.29) is 12.2 Å². The Labute approximate surface area is 97.1 Å². The molecule has 0 radical (unpaired) electrons. The number of rotatable bonds is 4. The van der Waals surface area contributed by atoms with Gasteiger partial charge in [0.05, 0.1) is 0 Å². The predicted molar refractivity (Wildman–Crippen MR) is 37.1 cm³/mol. The maximum absolute atomic E-state index is 12.9. The van der Waals surface area contributed by atoms with Crippen molar-refractivity contribution >= 4 is 12.2 Å². The van der Waals surface area contributed by atoms with Gasteiger partial charge in [-0.2, -0.15) is 35.1 Å². The van der Waals surface area contributed by atoms with Crippen LogP contribution in [-0.2, 0) is 14.3 Å². The Balaban J connectivity index is 5.81. The third-order valence-corrected chi connectivity index (χ3v) is 1.35. The first-order valence-corrected chi connectivity index (χ1v) is 3.72. The van der Waals surface area contributed by atoms with Crippen LogP contribution in [0.25, 0.3) is 0 Å². The van der Waals surface area contributed by atoms with Gasteiger partial charge in [-0.1, -0.05) is 0 Å². The van der Waals surface area contributed by atoms with E-state index in [1.807, 2.05) is 0 Å². The Bertz CT molecular complexity index is 395. The number of isocyanates is 2. The molecule has 2 unspecified atom stereocenters. The minimum atomic E-state index is -6.37. The number of hydrogen-bond acceptors (Lipinski definition) is 5. The monoisotopic (exact) mass is 300 g/mol. The summed E-state index contributed by atoms with van der Waals surface area (Å²) in [5.74, 6) is -11.5. The minimum Gasteiger partial charge on any atom is -0.255 e. The Hall–Kier alpha value is -1.84. The van der Waals surface area contributed by atoms with Crippen LogP contribution >= 0.6 is 0 Å². The van der Waals surface area contributed by atoms with Crippen molar-refractivity contribution < 1.29 is 49.4 Å². The highest BCUT2D eigenvalue weighted by Crippen LogP contribution is 2.45. The Kier molecular flexibility index (Phi) is 4.55. The zero-order valence-electron chi connectivity index (χ0n) is 8.14. The van der Waals surface area contributed by atoms with Crippen LogP contribution in [-0.4, -0.2) is 36.5 Å². The minimum absolute atomic E-state index is 0.0882. The average molecular weight is 300 g/mol. The van der Waals surface area contributed by atoms with Crippen LogP contribution in [0, 0.1) is 0 Å². The van der Waals surface area contributed by atoms with Crippen LogP contribution < -0.4 is 0 Å². The summed E-state index contributed by atoms with van der Waals surface area (Å²) >= 11 is 0. The summed E-state index contributed by atoms with van der Waals surface area (Å²) in [6, 6.07) is 0. The molecule has 0 aliphatic carbocycles. The second kappa shape index (κ2) is 5.03. The zero-order valence-corrected chi connectivity index (χ0v) is 8.14. The number of alkyl halides is 8. The fraction of sp³-hybridized carbons (Fsp3) is 0.667. The van der Waals surface area contributed by atoms with E-state index < -0.39 is 24.3 Å². The lowest BCUT2D eigenvalue weighted by Gasteiger charge is -2.29. The molecule has 0 amide bonds. The van der Waals surface area contributed by atoms with Gasteiger partial charge in [-0.15, -0.1) is 9.98 Å². The van der Waals surface area contributed by atoms with E-state index in [9.17, 15) is 44.7 Å². The van der Waals surface area contributed by atoms with E-state index in [0.29, 0.717) is 0 Å². The van der Waals surface area contributed by atoms with Crippen LogP contribution in [0.3, 0.4) is 0 Å². The Morgan fingerprint density at radius 2 is 0.947 bits per heavy atom. The fourth-order valence-corrected chi connectivity index (χ4v) is 0.585. The van der Waals surface area contributed by atoms with Crippen molar-refractivity contribution in [2.45, 2.75) is 24.3 Å². The molecule has 0 heterocycles. The highest BCUT2D eigenvalue weighted by Gasteiger charge is 2.70. The van der Waals surface area contributed by atoms with Gasteiger partial charge in [0.2, 0.25) is 12.2 Å². The molecule has 0 aliphatic heterocycles. The number of nitrogens with zero attached hydrogens (tertiary/aromatic N) is 2. The van der Waals surface area contributed by atoms with Crippen molar-refractivity contribution in [2.75, 3.05) is 0 Å². The van der Waals surface area contributed by atoms with Gasteiger partial charge in [0.15, 0.2) is 0 Å². The summed E-state index contributed by atoms with van der Waals surface area (Å²) in [5, 5.41) is 0.